The number of benzene rings is 2. The molecule has 1 saturated heterocycles. The van der Waals surface area contributed by atoms with Gasteiger partial charge in [0.2, 0.25) is 5.91 Å². The van der Waals surface area contributed by atoms with Gasteiger partial charge >= 0.3 is 0 Å². The summed E-state index contributed by atoms with van der Waals surface area (Å²) in [7, 11) is 0. The van der Waals surface area contributed by atoms with Gasteiger partial charge in [-0.2, -0.15) is 5.26 Å². The third kappa shape index (κ3) is 4.84. The Morgan fingerprint density at radius 1 is 1.16 bits per heavy atom. The van der Waals surface area contributed by atoms with Crippen LogP contribution in [0, 0.1) is 11.3 Å². The van der Waals surface area contributed by atoms with Crippen LogP contribution in [0.4, 0.5) is 10.5 Å². The maximum Gasteiger partial charge on any atom is 0.294 e. The quantitative estimate of drug-likeness (QED) is 0.666. The molecule has 0 bridgehead atoms. The molecule has 0 saturated carbocycles. The normalized spacial score (nSPS) is 16.1. The van der Waals surface area contributed by atoms with Crippen LogP contribution in [-0.4, -0.2) is 48.3 Å². The minimum Gasteiger partial charge on any atom is -0.486 e. The highest BCUT2D eigenvalue weighted by molar-refractivity contribution is 8.18. The van der Waals surface area contributed by atoms with E-state index in [0.717, 1.165) is 16.7 Å². The summed E-state index contributed by atoms with van der Waals surface area (Å²) in [6.07, 6.45) is 1.57. The molecule has 0 aromatic heterocycles. The second-order valence-electron chi connectivity index (χ2n) is 6.69. The molecule has 4 rings (SSSR count). The number of carbonyl (C=O) groups excluding carboxylic acids is 3. The molecule has 1 fully saturated rings. The van der Waals surface area contributed by atoms with Crippen molar-refractivity contribution in [3.05, 3.63) is 52.9 Å². The Kier molecular flexibility index (Phi) is 6.28. The van der Waals surface area contributed by atoms with Gasteiger partial charge in [-0.15, -0.1) is 0 Å². The van der Waals surface area contributed by atoms with Crippen molar-refractivity contribution in [3.8, 4) is 23.3 Å². The van der Waals surface area contributed by atoms with Gasteiger partial charge < -0.3 is 19.5 Å². The Morgan fingerprint density at radius 2 is 1.91 bits per heavy atom. The van der Waals surface area contributed by atoms with E-state index in [1.54, 1.807) is 48.5 Å². The van der Waals surface area contributed by atoms with E-state index in [1.807, 2.05) is 6.07 Å². The molecule has 162 valence electrons. The van der Waals surface area contributed by atoms with Gasteiger partial charge in [-0.05, 0) is 47.7 Å². The first-order chi connectivity index (χ1) is 15.5. The average Bonchev–Trinajstić information content (AvgIpc) is 3.05. The van der Waals surface area contributed by atoms with E-state index < -0.39 is 23.6 Å². The molecule has 2 heterocycles. The van der Waals surface area contributed by atoms with Crippen LogP contribution >= 0.6 is 11.8 Å². The summed E-state index contributed by atoms with van der Waals surface area (Å²) >= 11 is 0.769. The second kappa shape index (κ2) is 9.45. The largest absolute Gasteiger partial charge is 0.486 e. The van der Waals surface area contributed by atoms with Gasteiger partial charge in [-0.3, -0.25) is 19.3 Å². The molecule has 2 aromatic carbocycles. The molecule has 32 heavy (non-hydrogen) atoms. The fraction of sp³-hybridized carbons (Fsp3) is 0.182. The van der Waals surface area contributed by atoms with Crippen LogP contribution in [0.3, 0.4) is 0 Å². The molecule has 10 heteroatoms. The highest BCUT2D eigenvalue weighted by Gasteiger charge is 2.36. The molecule has 2 aliphatic rings. The summed E-state index contributed by atoms with van der Waals surface area (Å²) in [5.41, 5.74) is 1.15. The van der Waals surface area contributed by atoms with Gasteiger partial charge in [0.05, 0.1) is 4.91 Å². The lowest BCUT2D eigenvalue weighted by Gasteiger charge is -2.19. The molecular weight excluding hydrogens is 434 g/mol. The minimum absolute atomic E-state index is 0.0629. The maximum atomic E-state index is 12.6. The molecule has 0 atom stereocenters. The number of anilines is 1. The van der Waals surface area contributed by atoms with E-state index in [-0.39, 0.29) is 11.5 Å². The first-order valence-corrected chi connectivity index (χ1v) is 10.4. The predicted molar refractivity (Wildman–Crippen MR) is 116 cm³/mol. The van der Waals surface area contributed by atoms with E-state index in [0.29, 0.717) is 41.7 Å². The molecule has 2 aromatic rings. The number of nitriles is 1. The standard InChI is InChI=1S/C22H17N3O6S/c23-7-8-29-16-4-1-14(2-5-16)11-19-21(27)25(22(28)32-19)13-20(26)24-15-3-6-17-18(12-15)31-10-9-30-17/h1-6,11-12H,8-10,13H2,(H,24,26)/b19-11-. The number of thioether (sulfide) groups is 1. The molecule has 1 N–H and O–H groups in total. The molecule has 0 aliphatic carbocycles. The number of amides is 3. The summed E-state index contributed by atoms with van der Waals surface area (Å²) in [6, 6.07) is 13.6. The topological polar surface area (TPSA) is 118 Å². The van der Waals surface area contributed by atoms with Crippen LogP contribution < -0.4 is 19.5 Å². The first-order valence-electron chi connectivity index (χ1n) is 9.58. The predicted octanol–water partition coefficient (Wildman–Crippen LogP) is 3.04. The van der Waals surface area contributed by atoms with Crippen molar-refractivity contribution in [3.63, 3.8) is 0 Å². The number of hydrogen-bond acceptors (Lipinski definition) is 8. The van der Waals surface area contributed by atoms with Crippen LogP contribution in [-0.2, 0) is 9.59 Å². The Morgan fingerprint density at radius 3 is 2.66 bits per heavy atom. The van der Waals surface area contributed by atoms with E-state index in [2.05, 4.69) is 5.32 Å². The van der Waals surface area contributed by atoms with E-state index >= 15 is 0 Å². The molecule has 2 aliphatic heterocycles. The van der Waals surface area contributed by atoms with Crippen LogP contribution in [0.15, 0.2) is 47.4 Å². The summed E-state index contributed by atoms with van der Waals surface area (Å²) in [6.45, 7) is 0.414. The number of fused-ring (bicyclic) bond motifs is 1. The third-order valence-electron chi connectivity index (χ3n) is 4.48. The Hall–Kier alpha value is -3.97. The highest BCUT2D eigenvalue weighted by Crippen LogP contribution is 2.34. The number of carbonyl (C=O) groups is 3. The fourth-order valence-electron chi connectivity index (χ4n) is 3.03. The van der Waals surface area contributed by atoms with Crippen molar-refractivity contribution >= 4 is 40.6 Å². The summed E-state index contributed by atoms with van der Waals surface area (Å²) in [4.78, 5) is 38.5. The Balaban J connectivity index is 1.39. The summed E-state index contributed by atoms with van der Waals surface area (Å²) < 4.78 is 16.1. The molecular formula is C22H17N3O6S. The zero-order valence-corrected chi connectivity index (χ0v) is 17.5. The lowest BCUT2D eigenvalue weighted by molar-refractivity contribution is -0.127. The van der Waals surface area contributed by atoms with Gasteiger partial charge in [0, 0.05) is 11.8 Å². The van der Waals surface area contributed by atoms with Gasteiger partial charge in [0.1, 0.15) is 31.6 Å². The number of nitrogens with zero attached hydrogens (tertiary/aromatic N) is 2. The number of ether oxygens (including phenoxy) is 3. The molecule has 0 unspecified atom stereocenters. The van der Waals surface area contributed by atoms with Crippen molar-refractivity contribution in [1.29, 1.82) is 5.26 Å². The zero-order chi connectivity index (χ0) is 22.5. The minimum atomic E-state index is -0.540. The van der Waals surface area contributed by atoms with Crippen LogP contribution in [0.2, 0.25) is 0 Å². The fourth-order valence-corrected chi connectivity index (χ4v) is 3.87. The van der Waals surface area contributed by atoms with Gasteiger partial charge in [-0.1, -0.05) is 12.1 Å². The lowest BCUT2D eigenvalue weighted by Crippen LogP contribution is -2.36. The number of imide groups is 1. The summed E-state index contributed by atoms with van der Waals surface area (Å²) in [5.74, 6) is 0.584. The SMILES string of the molecule is N#CCOc1ccc(/C=C2\SC(=O)N(CC(=O)Nc3ccc4c(c3)OCCO4)C2=O)cc1. The van der Waals surface area contributed by atoms with Crippen LogP contribution in [0.1, 0.15) is 5.56 Å². The Bertz CT molecular complexity index is 1140. The number of rotatable bonds is 6. The number of nitrogens with one attached hydrogen (secondary N) is 1. The van der Waals surface area contributed by atoms with Crippen LogP contribution in [0.5, 0.6) is 17.2 Å². The first kappa shape index (κ1) is 21.3. The smallest absolute Gasteiger partial charge is 0.294 e. The van der Waals surface area contributed by atoms with E-state index in [9.17, 15) is 14.4 Å². The van der Waals surface area contributed by atoms with E-state index in [1.165, 1.54) is 0 Å². The van der Waals surface area contributed by atoms with Gasteiger partial charge in [0.15, 0.2) is 18.1 Å². The molecule has 3 amide bonds. The van der Waals surface area contributed by atoms with Crippen molar-refractivity contribution in [2.75, 3.05) is 31.7 Å². The van der Waals surface area contributed by atoms with Crippen molar-refractivity contribution in [2.45, 2.75) is 0 Å². The number of hydrogen-bond donors (Lipinski definition) is 1. The van der Waals surface area contributed by atoms with Gasteiger partial charge in [-0.25, -0.2) is 0 Å². The maximum absolute atomic E-state index is 12.6. The molecule has 0 radical (unpaired) electrons. The van der Waals surface area contributed by atoms with Crippen LogP contribution in [0.25, 0.3) is 6.08 Å². The van der Waals surface area contributed by atoms with Crippen molar-refractivity contribution in [2.24, 2.45) is 0 Å². The lowest BCUT2D eigenvalue weighted by atomic mass is 10.2. The third-order valence-corrected chi connectivity index (χ3v) is 5.39. The van der Waals surface area contributed by atoms with Crippen molar-refractivity contribution < 1.29 is 28.6 Å². The zero-order valence-electron chi connectivity index (χ0n) is 16.7. The van der Waals surface area contributed by atoms with Gasteiger partial charge in [0.25, 0.3) is 11.1 Å². The highest BCUT2D eigenvalue weighted by atomic mass is 32.2. The Labute approximate surface area is 187 Å². The molecule has 0 spiro atoms. The van der Waals surface area contributed by atoms with E-state index in [4.69, 9.17) is 19.5 Å². The average molecular weight is 451 g/mol. The van der Waals surface area contributed by atoms with Crippen molar-refractivity contribution in [1.82, 2.24) is 4.90 Å². The summed E-state index contributed by atoms with van der Waals surface area (Å²) in [5, 5.41) is 10.7. The second-order valence-corrected chi connectivity index (χ2v) is 7.68. The molecule has 9 nitrogen and oxygen atoms in total. The monoisotopic (exact) mass is 451 g/mol.